The van der Waals surface area contributed by atoms with Gasteiger partial charge in [0.05, 0.1) is 25.1 Å². The minimum atomic E-state index is -0.108. The van der Waals surface area contributed by atoms with E-state index in [0.29, 0.717) is 17.5 Å². The lowest BCUT2D eigenvalue weighted by atomic mass is 10.2. The average Bonchev–Trinajstić information content (AvgIpc) is 2.98. The summed E-state index contributed by atoms with van der Waals surface area (Å²) >= 11 is 4.91. The smallest absolute Gasteiger partial charge is 0.242 e. The SMILES string of the molecule is CC[C@@H]1S/C(=N/N=C\c2cc(Br)ccc2OC)N(Cc2ccccc2)C1=O. The third-order valence-corrected chi connectivity index (χ3v) is 5.93. The number of nitrogens with zero attached hydrogens (tertiary/aromatic N) is 3. The highest BCUT2D eigenvalue weighted by atomic mass is 79.9. The number of hydrogen-bond donors (Lipinski definition) is 0. The Hall–Kier alpha value is -2.12. The van der Waals surface area contributed by atoms with E-state index in [1.165, 1.54) is 11.8 Å². The van der Waals surface area contributed by atoms with Crippen LogP contribution in [0.3, 0.4) is 0 Å². The van der Waals surface area contributed by atoms with Crippen LogP contribution >= 0.6 is 27.7 Å². The summed E-state index contributed by atoms with van der Waals surface area (Å²) in [6, 6.07) is 15.6. The van der Waals surface area contributed by atoms with Gasteiger partial charge in [-0.1, -0.05) is 64.9 Å². The molecule has 0 radical (unpaired) electrons. The van der Waals surface area contributed by atoms with Gasteiger partial charge in [-0.2, -0.15) is 5.10 Å². The number of benzene rings is 2. The second-order valence-electron chi connectivity index (χ2n) is 5.94. The standard InChI is InChI=1S/C20H20BrN3O2S/c1-3-18-19(25)24(13-14-7-5-4-6-8-14)20(27-18)23-22-12-15-11-16(21)9-10-17(15)26-2/h4-12,18H,3,13H2,1-2H3/b22-12-,23-20+/t18-/m0/s1. The average molecular weight is 446 g/mol. The van der Waals surface area contributed by atoms with Crippen molar-refractivity contribution >= 4 is 45.0 Å². The molecule has 1 atom stereocenters. The molecule has 0 spiro atoms. The van der Waals surface area contributed by atoms with Gasteiger partial charge in [-0.05, 0) is 30.2 Å². The largest absolute Gasteiger partial charge is 0.496 e. The zero-order chi connectivity index (χ0) is 19.2. The van der Waals surface area contributed by atoms with Crippen LogP contribution in [0.1, 0.15) is 24.5 Å². The van der Waals surface area contributed by atoms with Gasteiger partial charge < -0.3 is 4.74 Å². The number of amides is 1. The Morgan fingerprint density at radius 1 is 1.26 bits per heavy atom. The molecule has 1 aliphatic rings. The molecule has 1 aliphatic heterocycles. The fourth-order valence-corrected chi connectivity index (χ4v) is 4.11. The molecule has 0 unspecified atom stereocenters. The van der Waals surface area contributed by atoms with Gasteiger partial charge in [0, 0.05) is 10.0 Å². The molecule has 2 aromatic carbocycles. The number of methoxy groups -OCH3 is 1. The van der Waals surface area contributed by atoms with Crippen LogP contribution in [0.2, 0.25) is 0 Å². The highest BCUT2D eigenvalue weighted by Gasteiger charge is 2.36. The van der Waals surface area contributed by atoms with Gasteiger partial charge in [-0.15, -0.1) is 5.10 Å². The van der Waals surface area contributed by atoms with E-state index in [-0.39, 0.29) is 11.2 Å². The molecule has 1 amide bonds. The highest BCUT2D eigenvalue weighted by Crippen LogP contribution is 2.31. The van der Waals surface area contributed by atoms with Crippen molar-refractivity contribution in [2.24, 2.45) is 10.2 Å². The Morgan fingerprint density at radius 3 is 2.74 bits per heavy atom. The van der Waals surface area contributed by atoms with Crippen LogP contribution in [0.4, 0.5) is 0 Å². The second-order valence-corrected chi connectivity index (χ2v) is 8.02. The van der Waals surface area contributed by atoms with Crippen molar-refractivity contribution in [3.63, 3.8) is 0 Å². The first-order valence-electron chi connectivity index (χ1n) is 8.59. The van der Waals surface area contributed by atoms with Gasteiger partial charge in [-0.3, -0.25) is 9.69 Å². The van der Waals surface area contributed by atoms with E-state index in [1.54, 1.807) is 18.2 Å². The molecule has 1 heterocycles. The summed E-state index contributed by atoms with van der Waals surface area (Å²) in [5.74, 6) is 0.796. The molecule has 0 aliphatic carbocycles. The molecule has 27 heavy (non-hydrogen) atoms. The van der Waals surface area contributed by atoms with Crippen LogP contribution < -0.4 is 4.74 Å². The first-order chi connectivity index (χ1) is 13.1. The quantitative estimate of drug-likeness (QED) is 0.478. The lowest BCUT2D eigenvalue weighted by Gasteiger charge is -2.15. The molecular formula is C20H20BrN3O2S. The molecule has 2 aromatic rings. The Morgan fingerprint density at radius 2 is 2.04 bits per heavy atom. The van der Waals surface area contributed by atoms with Crippen molar-refractivity contribution in [1.82, 2.24) is 4.90 Å². The van der Waals surface area contributed by atoms with E-state index in [4.69, 9.17) is 4.74 Å². The third kappa shape index (κ3) is 4.78. The summed E-state index contributed by atoms with van der Waals surface area (Å²) in [6.45, 7) is 2.51. The van der Waals surface area contributed by atoms with Crippen LogP contribution in [0.15, 0.2) is 63.2 Å². The van der Waals surface area contributed by atoms with Crippen LogP contribution in [0.25, 0.3) is 0 Å². The van der Waals surface area contributed by atoms with Crippen molar-refractivity contribution in [2.45, 2.75) is 25.1 Å². The summed E-state index contributed by atoms with van der Waals surface area (Å²) < 4.78 is 6.27. The molecular weight excluding hydrogens is 426 g/mol. The number of carbonyl (C=O) groups excluding carboxylic acids is 1. The van der Waals surface area contributed by atoms with E-state index < -0.39 is 0 Å². The minimum Gasteiger partial charge on any atom is -0.496 e. The molecule has 140 valence electrons. The van der Waals surface area contributed by atoms with Gasteiger partial charge in [0.1, 0.15) is 5.75 Å². The van der Waals surface area contributed by atoms with Crippen molar-refractivity contribution in [3.05, 3.63) is 64.1 Å². The van der Waals surface area contributed by atoms with Gasteiger partial charge in [0.25, 0.3) is 0 Å². The normalized spacial score (nSPS) is 18.6. The Labute approximate surface area is 171 Å². The molecule has 1 saturated heterocycles. The number of ether oxygens (including phenoxy) is 1. The van der Waals surface area contributed by atoms with Gasteiger partial charge in [-0.25, -0.2) is 0 Å². The van der Waals surface area contributed by atoms with Crippen molar-refractivity contribution in [3.8, 4) is 5.75 Å². The maximum Gasteiger partial charge on any atom is 0.242 e. The Bertz CT molecular complexity index is 871. The van der Waals surface area contributed by atoms with E-state index >= 15 is 0 Å². The molecule has 0 aromatic heterocycles. The lowest BCUT2D eigenvalue weighted by molar-refractivity contribution is -0.126. The van der Waals surface area contributed by atoms with E-state index in [2.05, 4.69) is 26.1 Å². The van der Waals surface area contributed by atoms with E-state index in [9.17, 15) is 4.79 Å². The molecule has 5 nitrogen and oxygen atoms in total. The maximum absolute atomic E-state index is 12.7. The van der Waals surface area contributed by atoms with Gasteiger partial charge in [0.15, 0.2) is 5.17 Å². The van der Waals surface area contributed by atoms with Gasteiger partial charge >= 0.3 is 0 Å². The number of thioether (sulfide) groups is 1. The number of carbonyl (C=O) groups is 1. The fourth-order valence-electron chi connectivity index (χ4n) is 2.70. The minimum absolute atomic E-state index is 0.0836. The zero-order valence-electron chi connectivity index (χ0n) is 15.1. The van der Waals surface area contributed by atoms with Crippen molar-refractivity contribution in [1.29, 1.82) is 0 Å². The van der Waals surface area contributed by atoms with Crippen LogP contribution in [-0.4, -0.2) is 34.5 Å². The van der Waals surface area contributed by atoms with E-state index in [1.807, 2.05) is 55.5 Å². The summed E-state index contributed by atoms with van der Waals surface area (Å²) in [7, 11) is 1.62. The number of amidine groups is 1. The summed E-state index contributed by atoms with van der Waals surface area (Å²) in [5, 5.41) is 9.07. The lowest BCUT2D eigenvalue weighted by Crippen LogP contribution is -2.31. The zero-order valence-corrected chi connectivity index (χ0v) is 17.5. The Balaban J connectivity index is 1.84. The Kier molecular flexibility index (Phi) is 6.68. The summed E-state index contributed by atoms with van der Waals surface area (Å²) in [6.07, 6.45) is 2.40. The molecule has 1 fully saturated rings. The summed E-state index contributed by atoms with van der Waals surface area (Å²) in [4.78, 5) is 14.4. The van der Waals surface area contributed by atoms with Crippen LogP contribution in [-0.2, 0) is 11.3 Å². The van der Waals surface area contributed by atoms with E-state index in [0.717, 1.165) is 22.0 Å². The molecule has 3 rings (SSSR count). The van der Waals surface area contributed by atoms with Crippen molar-refractivity contribution in [2.75, 3.05) is 7.11 Å². The fraction of sp³-hybridized carbons (Fsp3) is 0.250. The van der Waals surface area contributed by atoms with Crippen LogP contribution in [0, 0.1) is 0 Å². The molecule has 7 heteroatoms. The number of halogens is 1. The maximum atomic E-state index is 12.7. The first-order valence-corrected chi connectivity index (χ1v) is 10.3. The topological polar surface area (TPSA) is 54.3 Å². The van der Waals surface area contributed by atoms with Gasteiger partial charge in [0.2, 0.25) is 5.91 Å². The molecule has 0 saturated carbocycles. The highest BCUT2D eigenvalue weighted by molar-refractivity contribution is 9.10. The first kappa shape index (κ1) is 19.6. The number of hydrogen-bond acceptors (Lipinski definition) is 5. The number of rotatable bonds is 6. The molecule has 0 bridgehead atoms. The monoisotopic (exact) mass is 445 g/mol. The predicted octanol–water partition coefficient (Wildman–Crippen LogP) is 4.70. The van der Waals surface area contributed by atoms with Crippen molar-refractivity contribution < 1.29 is 9.53 Å². The predicted molar refractivity (Wildman–Crippen MR) is 114 cm³/mol. The second kappa shape index (κ2) is 9.19. The molecule has 0 N–H and O–H groups in total. The third-order valence-electron chi connectivity index (χ3n) is 4.11. The van der Waals surface area contributed by atoms with Crippen LogP contribution in [0.5, 0.6) is 5.75 Å². The summed E-state index contributed by atoms with van der Waals surface area (Å²) in [5.41, 5.74) is 1.88.